The summed E-state index contributed by atoms with van der Waals surface area (Å²) in [5.74, 6) is -3.89. The van der Waals surface area contributed by atoms with Crippen molar-refractivity contribution in [2.24, 2.45) is 5.92 Å². The number of benzene rings is 2. The third kappa shape index (κ3) is 11.6. The van der Waals surface area contributed by atoms with Crippen molar-refractivity contribution in [1.82, 2.24) is 19.3 Å². The first-order valence-electron chi connectivity index (χ1n) is 15.6. The summed E-state index contributed by atoms with van der Waals surface area (Å²) in [6.07, 6.45) is -2.98. The lowest BCUT2D eigenvalue weighted by Gasteiger charge is -2.19. The second-order valence-electron chi connectivity index (χ2n) is 11.6. The van der Waals surface area contributed by atoms with E-state index in [2.05, 4.69) is 25.6 Å². The number of hydrogen-bond donors (Lipinski definition) is 4. The number of carboxylic acid groups (broad SMARTS) is 2. The van der Waals surface area contributed by atoms with Crippen molar-refractivity contribution in [3.63, 3.8) is 0 Å². The maximum atomic E-state index is 13.2. The number of nitrogens with one attached hydrogen (secondary N) is 2. The van der Waals surface area contributed by atoms with Crippen LogP contribution in [0.1, 0.15) is 23.1 Å². The summed E-state index contributed by atoms with van der Waals surface area (Å²) >= 11 is 6.37. The molecule has 2 aliphatic heterocycles. The van der Waals surface area contributed by atoms with E-state index >= 15 is 0 Å². The van der Waals surface area contributed by atoms with Crippen molar-refractivity contribution >= 4 is 56.7 Å². The number of carbonyl (C=O) groups is 2. The highest BCUT2D eigenvalue weighted by atomic mass is 35.5. The molecule has 6 rings (SSSR count). The minimum absolute atomic E-state index is 0.0176. The number of halogens is 7. The summed E-state index contributed by atoms with van der Waals surface area (Å²) in [5.41, 5.74) is 3.76. The van der Waals surface area contributed by atoms with E-state index in [1.54, 1.807) is 24.5 Å². The molecule has 22 heteroatoms. The Bertz CT molecular complexity index is 2160. The van der Waals surface area contributed by atoms with Crippen molar-refractivity contribution in [3.8, 4) is 11.8 Å². The van der Waals surface area contributed by atoms with E-state index in [1.807, 2.05) is 36.5 Å². The third-order valence-electron chi connectivity index (χ3n) is 7.63. The van der Waals surface area contributed by atoms with Gasteiger partial charge in [0.2, 0.25) is 16.0 Å². The van der Waals surface area contributed by atoms with E-state index in [-0.39, 0.29) is 16.4 Å². The van der Waals surface area contributed by atoms with E-state index < -0.39 is 34.3 Å². The standard InChI is InChI=1S/C29H26ClN7O3S.2C2HF3O2/c30-25-16-33-29-35-24-11-19(14-32-15-24)5-6-21-12-23(34-28(25)36-29)7-8-26(21)40-18-20-9-10-37(17-20)41(38,39)27-4-2-1-3-22(27)13-31;2*3-2(4,5)1(6)7/h1-4,7-8,11-12,14-16,20H,5-6,9-10,17-18H2,(H2,33,34,35,36);2*(H,6,7). The minimum Gasteiger partial charge on any atom is -0.493 e. The molecule has 0 aliphatic carbocycles. The highest BCUT2D eigenvalue weighted by molar-refractivity contribution is 7.89. The number of aliphatic carboxylic acids is 2. The van der Waals surface area contributed by atoms with E-state index in [0.29, 0.717) is 49.3 Å². The highest BCUT2D eigenvalue weighted by Gasteiger charge is 2.39. The first-order chi connectivity index (χ1) is 25.8. The van der Waals surface area contributed by atoms with Gasteiger partial charge < -0.3 is 25.6 Å². The molecule has 0 radical (unpaired) electrons. The van der Waals surface area contributed by atoms with Gasteiger partial charge in [-0.05, 0) is 66.8 Å². The van der Waals surface area contributed by atoms with Gasteiger partial charge in [0.25, 0.3) is 0 Å². The average Bonchev–Trinajstić information content (AvgIpc) is 3.61. The molecule has 4 heterocycles. The van der Waals surface area contributed by atoms with Gasteiger partial charge in [-0.3, -0.25) is 4.98 Å². The molecule has 2 aliphatic rings. The maximum Gasteiger partial charge on any atom is 0.490 e. The number of nitriles is 1. The number of aryl methyl sites for hydroxylation is 2. The maximum absolute atomic E-state index is 13.2. The number of alkyl halides is 6. The van der Waals surface area contributed by atoms with Gasteiger partial charge in [-0.25, -0.2) is 23.0 Å². The van der Waals surface area contributed by atoms with Gasteiger partial charge in [0.1, 0.15) is 16.8 Å². The van der Waals surface area contributed by atoms with Gasteiger partial charge in [0.05, 0.1) is 35.1 Å². The lowest BCUT2D eigenvalue weighted by atomic mass is 10.0. The number of sulfonamides is 1. The molecule has 0 amide bonds. The van der Waals surface area contributed by atoms with Crippen LogP contribution in [0.3, 0.4) is 0 Å². The van der Waals surface area contributed by atoms with Crippen molar-refractivity contribution in [2.75, 3.05) is 30.3 Å². The molecule has 1 unspecified atom stereocenters. The molecule has 6 bridgehead atoms. The van der Waals surface area contributed by atoms with Gasteiger partial charge in [0, 0.05) is 30.9 Å². The topological polar surface area (TPSA) is 208 Å². The number of pyridine rings is 1. The van der Waals surface area contributed by atoms with Crippen molar-refractivity contribution in [1.29, 1.82) is 5.26 Å². The molecule has 4 N–H and O–H groups in total. The Morgan fingerprint density at radius 2 is 1.64 bits per heavy atom. The Morgan fingerprint density at radius 1 is 0.964 bits per heavy atom. The lowest BCUT2D eigenvalue weighted by molar-refractivity contribution is -0.193. The number of ether oxygens (including phenoxy) is 1. The Hall–Kier alpha value is -5.72. The van der Waals surface area contributed by atoms with Crippen molar-refractivity contribution in [3.05, 3.63) is 88.8 Å². The van der Waals surface area contributed by atoms with Crippen LogP contribution >= 0.6 is 11.6 Å². The number of nitrogens with zero attached hydrogens (tertiary/aromatic N) is 5. The van der Waals surface area contributed by atoms with Crippen LogP contribution in [0.25, 0.3) is 0 Å². The summed E-state index contributed by atoms with van der Waals surface area (Å²) in [5, 5.41) is 30.5. The zero-order valence-electron chi connectivity index (χ0n) is 27.9. The first-order valence-corrected chi connectivity index (χ1v) is 17.5. The number of anilines is 4. The zero-order chi connectivity index (χ0) is 40.6. The molecular formula is C33H28ClF6N7O7S. The summed E-state index contributed by atoms with van der Waals surface area (Å²) in [4.78, 5) is 31.0. The molecule has 55 heavy (non-hydrogen) atoms. The van der Waals surface area contributed by atoms with Crippen LogP contribution in [0.5, 0.6) is 5.75 Å². The van der Waals surface area contributed by atoms with Gasteiger partial charge >= 0.3 is 24.3 Å². The molecule has 292 valence electrons. The summed E-state index contributed by atoms with van der Waals surface area (Å²) in [6.45, 7) is 1.08. The summed E-state index contributed by atoms with van der Waals surface area (Å²) < 4.78 is 97.7. The number of hydrogen-bond acceptors (Lipinski definition) is 11. The Labute approximate surface area is 313 Å². The Balaban J connectivity index is 0.000000410. The quantitative estimate of drug-likeness (QED) is 0.163. The van der Waals surface area contributed by atoms with E-state index in [0.717, 1.165) is 34.7 Å². The van der Waals surface area contributed by atoms with Gasteiger partial charge in [-0.1, -0.05) is 23.7 Å². The Kier molecular flexibility index (Phi) is 13.5. The molecule has 14 nitrogen and oxygen atoms in total. The van der Waals surface area contributed by atoms with Gasteiger partial charge in [0.15, 0.2) is 5.82 Å². The zero-order valence-corrected chi connectivity index (χ0v) is 29.5. The molecule has 2 aromatic carbocycles. The lowest BCUT2D eigenvalue weighted by Crippen LogP contribution is -2.30. The molecule has 0 spiro atoms. The van der Waals surface area contributed by atoms with Crippen LogP contribution in [0.2, 0.25) is 5.02 Å². The number of fused-ring (bicyclic) bond motifs is 6. The van der Waals surface area contributed by atoms with Crippen LogP contribution in [-0.4, -0.2) is 81.9 Å². The minimum atomic E-state index is -5.08. The van der Waals surface area contributed by atoms with E-state index in [1.165, 1.54) is 16.4 Å². The summed E-state index contributed by atoms with van der Waals surface area (Å²) in [6, 6.07) is 16.1. The smallest absolute Gasteiger partial charge is 0.490 e. The van der Waals surface area contributed by atoms with E-state index in [4.69, 9.17) is 36.1 Å². The SMILES string of the molecule is N#Cc1ccccc1S(=O)(=O)N1CCC(COc2ccc3cc2CCc2cncc(c2)Nc2ncc(Cl)c(n2)N3)C1.O=C(O)C(F)(F)F.O=C(O)C(F)(F)F. The van der Waals surface area contributed by atoms with Crippen molar-refractivity contribution < 1.29 is 59.3 Å². The summed E-state index contributed by atoms with van der Waals surface area (Å²) in [7, 11) is -3.77. The predicted molar refractivity (Wildman–Crippen MR) is 183 cm³/mol. The predicted octanol–water partition coefficient (Wildman–Crippen LogP) is 6.34. The number of carboxylic acids is 2. The molecule has 0 saturated carbocycles. The second-order valence-corrected chi connectivity index (χ2v) is 13.9. The molecule has 1 fully saturated rings. The normalized spacial score (nSPS) is 15.3. The molecule has 1 atom stereocenters. The van der Waals surface area contributed by atoms with Crippen LogP contribution in [0.15, 0.2) is 72.0 Å². The van der Waals surface area contributed by atoms with Crippen LogP contribution in [0.4, 0.5) is 49.5 Å². The van der Waals surface area contributed by atoms with Crippen LogP contribution in [0, 0.1) is 17.2 Å². The second kappa shape index (κ2) is 17.6. The Morgan fingerprint density at radius 3 is 2.29 bits per heavy atom. The highest BCUT2D eigenvalue weighted by Crippen LogP contribution is 2.32. The molecule has 4 aromatic rings. The van der Waals surface area contributed by atoms with Crippen LogP contribution < -0.4 is 15.4 Å². The average molecular weight is 816 g/mol. The third-order valence-corrected chi connectivity index (χ3v) is 9.83. The monoisotopic (exact) mass is 815 g/mol. The molecule has 2 aromatic heterocycles. The van der Waals surface area contributed by atoms with Crippen molar-refractivity contribution in [2.45, 2.75) is 36.5 Å². The fraction of sp³-hybridized carbons (Fsp3) is 0.273. The van der Waals surface area contributed by atoms with Gasteiger partial charge in [-0.2, -0.15) is 40.9 Å². The van der Waals surface area contributed by atoms with Gasteiger partial charge in [-0.15, -0.1) is 0 Å². The fourth-order valence-corrected chi connectivity index (χ4v) is 6.84. The van der Waals surface area contributed by atoms with Crippen LogP contribution in [-0.2, 0) is 32.5 Å². The fourth-order valence-electron chi connectivity index (χ4n) is 5.03. The molecule has 1 saturated heterocycles. The van der Waals surface area contributed by atoms with E-state index in [9.17, 15) is 40.0 Å². The first kappa shape index (κ1) is 42.0. The number of rotatable bonds is 5. The number of aromatic nitrogens is 3. The molecular weight excluding hydrogens is 788 g/mol. The largest absolute Gasteiger partial charge is 0.493 e.